The number of amides is 1. The monoisotopic (exact) mass is 271 g/mol. The minimum atomic E-state index is -0.873. The number of hydrogen-bond acceptors (Lipinski definition) is 4. The molecule has 110 valence electrons. The molecule has 19 heavy (non-hydrogen) atoms. The molecule has 1 fully saturated rings. The van der Waals surface area contributed by atoms with Crippen LogP contribution in [0.4, 0.5) is 0 Å². The van der Waals surface area contributed by atoms with E-state index in [4.69, 9.17) is 10.8 Å². The molecule has 1 atom stereocenters. The molecule has 0 spiro atoms. The standard InChI is InChI=1S/C13H25N3O3/c1-2-3-11(8-13(18)19)15-12(17)9-16-6-4-10(14)5-7-16/h10-11H,2-9,14H2,1H3,(H,15,17)(H,18,19). The van der Waals surface area contributed by atoms with E-state index in [1.165, 1.54) is 0 Å². The van der Waals surface area contributed by atoms with Crippen LogP contribution >= 0.6 is 0 Å². The van der Waals surface area contributed by atoms with Crippen molar-refractivity contribution in [2.24, 2.45) is 5.73 Å². The zero-order valence-electron chi connectivity index (χ0n) is 11.6. The zero-order valence-corrected chi connectivity index (χ0v) is 11.6. The van der Waals surface area contributed by atoms with E-state index in [1.54, 1.807) is 0 Å². The molecule has 6 heteroatoms. The molecule has 1 saturated heterocycles. The van der Waals surface area contributed by atoms with Crippen LogP contribution in [0.1, 0.15) is 39.0 Å². The number of piperidine rings is 1. The predicted molar refractivity (Wildman–Crippen MR) is 72.7 cm³/mol. The number of likely N-dealkylation sites (tertiary alicyclic amines) is 1. The van der Waals surface area contributed by atoms with Crippen LogP contribution in [0.5, 0.6) is 0 Å². The van der Waals surface area contributed by atoms with Crippen molar-refractivity contribution < 1.29 is 14.7 Å². The van der Waals surface area contributed by atoms with E-state index in [9.17, 15) is 9.59 Å². The van der Waals surface area contributed by atoms with Gasteiger partial charge in [0.05, 0.1) is 13.0 Å². The molecule has 1 heterocycles. The van der Waals surface area contributed by atoms with Gasteiger partial charge in [-0.05, 0) is 19.3 Å². The summed E-state index contributed by atoms with van der Waals surface area (Å²) in [7, 11) is 0. The van der Waals surface area contributed by atoms with E-state index < -0.39 is 5.97 Å². The van der Waals surface area contributed by atoms with Gasteiger partial charge in [-0.2, -0.15) is 0 Å². The number of carboxylic acid groups (broad SMARTS) is 1. The van der Waals surface area contributed by atoms with Gasteiger partial charge in [0, 0.05) is 25.2 Å². The van der Waals surface area contributed by atoms with Gasteiger partial charge in [-0.3, -0.25) is 14.5 Å². The predicted octanol–water partition coefficient (Wildman–Crippen LogP) is 0.169. The lowest BCUT2D eigenvalue weighted by Crippen LogP contribution is -2.46. The van der Waals surface area contributed by atoms with Gasteiger partial charge < -0.3 is 16.2 Å². The summed E-state index contributed by atoms with van der Waals surface area (Å²) in [4.78, 5) is 24.7. The summed E-state index contributed by atoms with van der Waals surface area (Å²) in [6.45, 7) is 4.00. The number of carbonyl (C=O) groups excluding carboxylic acids is 1. The topological polar surface area (TPSA) is 95.7 Å². The summed E-state index contributed by atoms with van der Waals surface area (Å²) in [5.41, 5.74) is 5.81. The van der Waals surface area contributed by atoms with Gasteiger partial charge in [-0.1, -0.05) is 13.3 Å². The normalized spacial score (nSPS) is 19.1. The van der Waals surface area contributed by atoms with Crippen molar-refractivity contribution in [1.29, 1.82) is 0 Å². The van der Waals surface area contributed by atoms with Crippen molar-refractivity contribution in [3.05, 3.63) is 0 Å². The Kier molecular flexibility index (Phi) is 6.80. The first kappa shape index (κ1) is 15.9. The molecule has 0 aromatic rings. The van der Waals surface area contributed by atoms with Crippen molar-refractivity contribution in [3.8, 4) is 0 Å². The maximum absolute atomic E-state index is 11.9. The number of nitrogens with zero attached hydrogens (tertiary/aromatic N) is 1. The molecule has 6 nitrogen and oxygen atoms in total. The highest BCUT2D eigenvalue weighted by Gasteiger charge is 2.20. The van der Waals surface area contributed by atoms with Gasteiger partial charge in [-0.25, -0.2) is 0 Å². The summed E-state index contributed by atoms with van der Waals surface area (Å²) in [6, 6.07) is -0.0128. The van der Waals surface area contributed by atoms with E-state index >= 15 is 0 Å². The summed E-state index contributed by atoms with van der Waals surface area (Å²) in [5.74, 6) is -0.960. The Hall–Kier alpha value is -1.14. The van der Waals surface area contributed by atoms with Crippen molar-refractivity contribution >= 4 is 11.9 Å². The van der Waals surface area contributed by atoms with Gasteiger partial charge in [-0.15, -0.1) is 0 Å². The molecular weight excluding hydrogens is 246 g/mol. The number of nitrogens with one attached hydrogen (secondary N) is 1. The van der Waals surface area contributed by atoms with Gasteiger partial charge in [0.2, 0.25) is 5.91 Å². The minimum Gasteiger partial charge on any atom is -0.481 e. The molecule has 1 unspecified atom stereocenters. The Balaban J connectivity index is 2.33. The summed E-state index contributed by atoms with van der Waals surface area (Å²) >= 11 is 0. The zero-order chi connectivity index (χ0) is 14.3. The number of nitrogens with two attached hydrogens (primary N) is 1. The van der Waals surface area contributed by atoms with Crippen LogP contribution in [0.2, 0.25) is 0 Å². The number of carbonyl (C=O) groups is 2. The second-order valence-electron chi connectivity index (χ2n) is 5.26. The maximum atomic E-state index is 11.9. The molecule has 1 aliphatic rings. The molecule has 0 radical (unpaired) electrons. The average Bonchev–Trinajstić information content (AvgIpc) is 2.31. The SMILES string of the molecule is CCCC(CC(=O)O)NC(=O)CN1CCC(N)CC1. The van der Waals surface area contributed by atoms with Crippen molar-refractivity contribution in [1.82, 2.24) is 10.2 Å². The van der Waals surface area contributed by atoms with Crippen LogP contribution in [0.25, 0.3) is 0 Å². The lowest BCUT2D eigenvalue weighted by molar-refractivity contribution is -0.137. The molecule has 1 amide bonds. The average molecular weight is 271 g/mol. The van der Waals surface area contributed by atoms with E-state index in [0.29, 0.717) is 13.0 Å². The number of hydrogen-bond donors (Lipinski definition) is 3. The van der Waals surface area contributed by atoms with E-state index in [1.807, 2.05) is 6.92 Å². The fourth-order valence-electron chi connectivity index (χ4n) is 2.37. The first-order valence-electron chi connectivity index (χ1n) is 7.00. The molecule has 0 aliphatic carbocycles. The quantitative estimate of drug-likeness (QED) is 0.613. The van der Waals surface area contributed by atoms with Crippen LogP contribution in [-0.2, 0) is 9.59 Å². The molecular formula is C13H25N3O3. The Morgan fingerprint density at radius 2 is 2.05 bits per heavy atom. The third kappa shape index (κ3) is 6.54. The summed E-state index contributed by atoms with van der Waals surface area (Å²) in [5, 5.41) is 11.6. The highest BCUT2D eigenvalue weighted by molar-refractivity contribution is 5.79. The number of aliphatic carboxylic acids is 1. The first-order chi connectivity index (χ1) is 9.01. The van der Waals surface area contributed by atoms with E-state index in [0.717, 1.165) is 32.4 Å². The first-order valence-corrected chi connectivity index (χ1v) is 7.00. The summed E-state index contributed by atoms with van der Waals surface area (Å²) in [6.07, 6.45) is 3.38. The van der Waals surface area contributed by atoms with Gasteiger partial charge in [0.1, 0.15) is 0 Å². The lowest BCUT2D eigenvalue weighted by Gasteiger charge is -2.30. The minimum absolute atomic E-state index is 0.00947. The Morgan fingerprint density at radius 3 is 2.58 bits per heavy atom. The maximum Gasteiger partial charge on any atom is 0.305 e. The largest absolute Gasteiger partial charge is 0.481 e. The molecule has 0 saturated carbocycles. The highest BCUT2D eigenvalue weighted by Crippen LogP contribution is 2.08. The second-order valence-corrected chi connectivity index (χ2v) is 5.26. The smallest absolute Gasteiger partial charge is 0.305 e. The van der Waals surface area contributed by atoms with Crippen molar-refractivity contribution in [2.75, 3.05) is 19.6 Å². The van der Waals surface area contributed by atoms with Gasteiger partial charge >= 0.3 is 5.97 Å². The van der Waals surface area contributed by atoms with Crippen LogP contribution < -0.4 is 11.1 Å². The molecule has 0 bridgehead atoms. The van der Waals surface area contributed by atoms with Crippen LogP contribution in [0.15, 0.2) is 0 Å². The van der Waals surface area contributed by atoms with Crippen molar-refractivity contribution in [2.45, 2.75) is 51.1 Å². The molecule has 0 aromatic heterocycles. The molecule has 0 aromatic carbocycles. The van der Waals surface area contributed by atoms with Gasteiger partial charge in [0.25, 0.3) is 0 Å². The fraction of sp³-hybridized carbons (Fsp3) is 0.846. The van der Waals surface area contributed by atoms with Crippen molar-refractivity contribution in [3.63, 3.8) is 0 Å². The molecule has 1 aliphatic heterocycles. The van der Waals surface area contributed by atoms with E-state index in [2.05, 4.69) is 10.2 Å². The molecule has 4 N–H and O–H groups in total. The second kappa shape index (κ2) is 8.12. The number of carboxylic acids is 1. The summed E-state index contributed by atoms with van der Waals surface area (Å²) < 4.78 is 0. The third-order valence-corrected chi connectivity index (χ3v) is 3.42. The Labute approximate surface area is 114 Å². The van der Waals surface area contributed by atoms with Crippen LogP contribution in [0, 0.1) is 0 Å². The van der Waals surface area contributed by atoms with Crippen LogP contribution in [0.3, 0.4) is 0 Å². The Morgan fingerprint density at radius 1 is 1.42 bits per heavy atom. The fourth-order valence-corrected chi connectivity index (χ4v) is 2.37. The van der Waals surface area contributed by atoms with E-state index in [-0.39, 0.29) is 24.4 Å². The highest BCUT2D eigenvalue weighted by atomic mass is 16.4. The third-order valence-electron chi connectivity index (χ3n) is 3.42. The molecule has 1 rings (SSSR count). The Bertz CT molecular complexity index is 302. The number of rotatable bonds is 7. The van der Waals surface area contributed by atoms with Crippen LogP contribution in [-0.4, -0.2) is 53.6 Å². The lowest BCUT2D eigenvalue weighted by atomic mass is 10.1. The van der Waals surface area contributed by atoms with Gasteiger partial charge in [0.15, 0.2) is 0 Å².